The Kier molecular flexibility index (Phi) is 3.05. The van der Waals surface area contributed by atoms with Gasteiger partial charge in [0.05, 0.1) is 10.7 Å². The van der Waals surface area contributed by atoms with Crippen molar-refractivity contribution in [3.8, 4) is 0 Å². The van der Waals surface area contributed by atoms with Crippen LogP contribution in [0.5, 0.6) is 0 Å². The Bertz CT molecular complexity index is 381. The fourth-order valence-electron chi connectivity index (χ4n) is 2.30. The number of aryl methyl sites for hydroxylation is 2. The van der Waals surface area contributed by atoms with Crippen molar-refractivity contribution in [2.45, 2.75) is 45.6 Å². The van der Waals surface area contributed by atoms with E-state index < -0.39 is 0 Å². The highest BCUT2D eigenvalue weighted by Crippen LogP contribution is 2.24. The second-order valence-corrected chi connectivity index (χ2v) is 4.56. The Morgan fingerprint density at radius 1 is 1.47 bits per heavy atom. The van der Waals surface area contributed by atoms with Gasteiger partial charge >= 0.3 is 0 Å². The minimum atomic E-state index is 0.568. The SMILES string of the molecule is CCn1nc2c(c1CC(N)=S)CCCC2. The van der Waals surface area contributed by atoms with Gasteiger partial charge in [0.1, 0.15) is 0 Å². The standard InChI is InChI=1S/C11H17N3S/c1-2-14-10(7-11(12)15)8-5-3-4-6-9(8)13-14/h2-7H2,1H3,(H2,12,15). The molecule has 0 fully saturated rings. The second kappa shape index (κ2) is 4.31. The summed E-state index contributed by atoms with van der Waals surface area (Å²) in [5.41, 5.74) is 9.57. The lowest BCUT2D eigenvalue weighted by molar-refractivity contribution is 0.619. The number of fused-ring (bicyclic) bond motifs is 1. The van der Waals surface area contributed by atoms with Gasteiger partial charge < -0.3 is 5.73 Å². The molecule has 0 spiro atoms. The fraction of sp³-hybridized carbons (Fsp3) is 0.636. The third-order valence-electron chi connectivity index (χ3n) is 2.98. The molecule has 0 aromatic carbocycles. The van der Waals surface area contributed by atoms with Crippen molar-refractivity contribution >= 4 is 17.2 Å². The maximum atomic E-state index is 5.63. The van der Waals surface area contributed by atoms with Gasteiger partial charge in [-0.2, -0.15) is 5.10 Å². The molecule has 1 aromatic heterocycles. The van der Waals surface area contributed by atoms with Gasteiger partial charge in [-0.3, -0.25) is 4.68 Å². The Morgan fingerprint density at radius 2 is 2.20 bits per heavy atom. The van der Waals surface area contributed by atoms with Crippen molar-refractivity contribution in [2.75, 3.05) is 0 Å². The summed E-state index contributed by atoms with van der Waals surface area (Å²) in [4.78, 5) is 0.568. The highest BCUT2D eigenvalue weighted by atomic mass is 32.1. The van der Waals surface area contributed by atoms with Crippen molar-refractivity contribution in [1.82, 2.24) is 9.78 Å². The Hall–Kier alpha value is -0.900. The average Bonchev–Trinajstić information content (AvgIpc) is 2.56. The summed E-state index contributed by atoms with van der Waals surface area (Å²) in [5, 5.41) is 4.62. The molecule has 2 N–H and O–H groups in total. The van der Waals surface area contributed by atoms with E-state index in [2.05, 4.69) is 16.7 Å². The van der Waals surface area contributed by atoms with Gasteiger partial charge in [0, 0.05) is 18.7 Å². The van der Waals surface area contributed by atoms with Crippen molar-refractivity contribution in [3.63, 3.8) is 0 Å². The monoisotopic (exact) mass is 223 g/mol. The molecule has 0 radical (unpaired) electrons. The number of nitrogens with zero attached hydrogens (tertiary/aromatic N) is 2. The van der Waals surface area contributed by atoms with Gasteiger partial charge in [-0.15, -0.1) is 0 Å². The Balaban J connectivity index is 2.39. The van der Waals surface area contributed by atoms with Crippen molar-refractivity contribution in [3.05, 3.63) is 17.0 Å². The van der Waals surface area contributed by atoms with E-state index in [1.54, 1.807) is 0 Å². The maximum absolute atomic E-state index is 5.63. The lowest BCUT2D eigenvalue weighted by Gasteiger charge is -2.11. The summed E-state index contributed by atoms with van der Waals surface area (Å²) >= 11 is 4.99. The topological polar surface area (TPSA) is 43.8 Å². The third-order valence-corrected chi connectivity index (χ3v) is 3.13. The molecule has 4 heteroatoms. The van der Waals surface area contributed by atoms with Crippen LogP contribution in [0.3, 0.4) is 0 Å². The molecule has 0 atom stereocenters. The number of thiocarbonyl (C=S) groups is 1. The van der Waals surface area contributed by atoms with Gasteiger partial charge in [0.15, 0.2) is 0 Å². The van der Waals surface area contributed by atoms with E-state index in [1.807, 2.05) is 0 Å². The molecule has 1 aliphatic carbocycles. The first-order valence-electron chi connectivity index (χ1n) is 5.58. The Morgan fingerprint density at radius 3 is 2.87 bits per heavy atom. The molecule has 0 aliphatic heterocycles. The first kappa shape index (κ1) is 10.6. The summed E-state index contributed by atoms with van der Waals surface area (Å²) in [5.74, 6) is 0. The predicted octanol–water partition coefficient (Wildman–Crippen LogP) is 1.61. The predicted molar refractivity (Wildman–Crippen MR) is 65.0 cm³/mol. The molecule has 0 unspecified atom stereocenters. The van der Waals surface area contributed by atoms with Crippen LogP contribution < -0.4 is 5.73 Å². The van der Waals surface area contributed by atoms with Gasteiger partial charge in [0.2, 0.25) is 0 Å². The van der Waals surface area contributed by atoms with Crippen molar-refractivity contribution in [2.24, 2.45) is 5.73 Å². The zero-order valence-electron chi connectivity index (χ0n) is 9.12. The first-order valence-corrected chi connectivity index (χ1v) is 5.99. The molecule has 0 saturated heterocycles. The van der Waals surface area contributed by atoms with Crippen LogP contribution in [-0.4, -0.2) is 14.8 Å². The minimum absolute atomic E-state index is 0.568. The van der Waals surface area contributed by atoms with E-state index >= 15 is 0 Å². The highest BCUT2D eigenvalue weighted by molar-refractivity contribution is 7.80. The number of nitrogens with two attached hydrogens (primary N) is 1. The Labute approximate surface area is 95.7 Å². The number of aromatic nitrogens is 2. The zero-order chi connectivity index (χ0) is 10.8. The summed E-state index contributed by atoms with van der Waals surface area (Å²) < 4.78 is 2.06. The normalized spacial score (nSPS) is 15.0. The van der Waals surface area contributed by atoms with Gasteiger partial charge in [-0.05, 0) is 38.2 Å². The van der Waals surface area contributed by atoms with E-state index in [4.69, 9.17) is 18.0 Å². The smallest absolute Gasteiger partial charge is 0.0787 e. The number of rotatable bonds is 3. The second-order valence-electron chi connectivity index (χ2n) is 4.04. The van der Waals surface area contributed by atoms with Crippen LogP contribution in [0.15, 0.2) is 0 Å². The minimum Gasteiger partial charge on any atom is -0.393 e. The summed E-state index contributed by atoms with van der Waals surface area (Å²) in [6, 6.07) is 0. The van der Waals surface area contributed by atoms with Crippen LogP contribution in [-0.2, 0) is 25.8 Å². The van der Waals surface area contributed by atoms with E-state index in [0.29, 0.717) is 11.4 Å². The summed E-state index contributed by atoms with van der Waals surface area (Å²) in [6.45, 7) is 3.02. The molecular formula is C11H17N3S. The van der Waals surface area contributed by atoms with E-state index in [-0.39, 0.29) is 0 Å². The fourth-order valence-corrected chi connectivity index (χ4v) is 2.43. The number of hydrogen-bond donors (Lipinski definition) is 1. The quantitative estimate of drug-likeness (QED) is 0.792. The molecule has 1 aliphatic rings. The van der Waals surface area contributed by atoms with E-state index in [0.717, 1.165) is 19.4 Å². The van der Waals surface area contributed by atoms with Gasteiger partial charge in [-0.25, -0.2) is 0 Å². The summed E-state index contributed by atoms with van der Waals surface area (Å²) in [7, 11) is 0. The molecule has 0 saturated carbocycles. The van der Waals surface area contributed by atoms with E-state index in [9.17, 15) is 0 Å². The van der Waals surface area contributed by atoms with Crippen LogP contribution in [0.2, 0.25) is 0 Å². The van der Waals surface area contributed by atoms with Crippen molar-refractivity contribution < 1.29 is 0 Å². The van der Waals surface area contributed by atoms with Crippen LogP contribution in [0.1, 0.15) is 36.7 Å². The molecule has 1 aromatic rings. The lowest BCUT2D eigenvalue weighted by atomic mass is 9.95. The van der Waals surface area contributed by atoms with Gasteiger partial charge in [-0.1, -0.05) is 12.2 Å². The molecule has 3 nitrogen and oxygen atoms in total. The maximum Gasteiger partial charge on any atom is 0.0787 e. The van der Waals surface area contributed by atoms with Crippen molar-refractivity contribution in [1.29, 1.82) is 0 Å². The lowest BCUT2D eigenvalue weighted by Crippen LogP contribution is -2.16. The van der Waals surface area contributed by atoms with Crippen LogP contribution in [0, 0.1) is 0 Å². The van der Waals surface area contributed by atoms with Crippen LogP contribution in [0.4, 0.5) is 0 Å². The largest absolute Gasteiger partial charge is 0.393 e. The van der Waals surface area contributed by atoms with Gasteiger partial charge in [0.25, 0.3) is 0 Å². The molecule has 2 rings (SSSR count). The first-order chi connectivity index (χ1) is 7.22. The third kappa shape index (κ3) is 2.04. The molecule has 0 bridgehead atoms. The molecule has 82 valence electrons. The summed E-state index contributed by atoms with van der Waals surface area (Å²) in [6.07, 6.45) is 5.50. The van der Waals surface area contributed by atoms with E-state index in [1.165, 1.54) is 29.8 Å². The molecule has 1 heterocycles. The van der Waals surface area contributed by atoms with Crippen LogP contribution >= 0.6 is 12.2 Å². The average molecular weight is 223 g/mol. The molecule has 15 heavy (non-hydrogen) atoms. The molecule has 0 amide bonds. The highest BCUT2D eigenvalue weighted by Gasteiger charge is 2.19. The van der Waals surface area contributed by atoms with Crippen LogP contribution in [0.25, 0.3) is 0 Å². The number of hydrogen-bond acceptors (Lipinski definition) is 2. The zero-order valence-corrected chi connectivity index (χ0v) is 9.94. The molecular weight excluding hydrogens is 206 g/mol.